The number of rotatable bonds is 1. The van der Waals surface area contributed by atoms with Crippen molar-refractivity contribution in [1.29, 1.82) is 0 Å². The highest BCUT2D eigenvalue weighted by Crippen LogP contribution is 2.45. The fourth-order valence-corrected chi connectivity index (χ4v) is 6.09. The molecule has 1 N–H and O–H groups in total. The molecule has 182 valence electrons. The van der Waals surface area contributed by atoms with Gasteiger partial charge in [0.15, 0.2) is 0 Å². The van der Waals surface area contributed by atoms with Crippen molar-refractivity contribution < 1.29 is 0 Å². The van der Waals surface area contributed by atoms with Crippen LogP contribution in [0.4, 0.5) is 0 Å². The van der Waals surface area contributed by atoms with Crippen molar-refractivity contribution in [3.05, 3.63) is 96.1 Å². The molecule has 6 aromatic carbocycles. The molecule has 0 fully saturated rings. The fourth-order valence-electron chi connectivity index (χ4n) is 6.09. The van der Waals surface area contributed by atoms with Gasteiger partial charge in [0.05, 0.1) is 5.52 Å². The lowest BCUT2D eigenvalue weighted by molar-refractivity contribution is 0.591. The Morgan fingerprint density at radius 3 is 1.76 bits per heavy atom. The lowest BCUT2D eigenvalue weighted by Crippen LogP contribution is -2.11. The van der Waals surface area contributed by atoms with Gasteiger partial charge in [0.25, 0.3) is 0 Å². The quantitative estimate of drug-likeness (QED) is 0.225. The standard InChI is InChI=1S/C36H33N/c1-35(2,3)24-16-22-14-15-23-17-25(36(4,5)6)19-30-33(23)32(22)28(18-24)29-20-31(37-34(29)30)27-13-9-11-21-10-7-8-12-26(21)27/h7-20,37H,1-6H3. The van der Waals surface area contributed by atoms with Crippen LogP contribution in [0.3, 0.4) is 0 Å². The van der Waals surface area contributed by atoms with E-state index in [4.69, 9.17) is 0 Å². The van der Waals surface area contributed by atoms with E-state index in [2.05, 4.69) is 131 Å². The van der Waals surface area contributed by atoms with Crippen LogP contribution < -0.4 is 0 Å². The summed E-state index contributed by atoms with van der Waals surface area (Å²) in [5.74, 6) is 0. The molecule has 1 nitrogen and oxygen atoms in total. The Balaban J connectivity index is 1.69. The second-order valence-electron chi connectivity index (χ2n) is 12.8. The predicted octanol–water partition coefficient (Wildman–Crippen LogP) is 10.5. The molecule has 0 atom stereocenters. The molecule has 0 bridgehead atoms. The molecular weight excluding hydrogens is 446 g/mol. The van der Waals surface area contributed by atoms with Crippen molar-refractivity contribution in [2.24, 2.45) is 0 Å². The number of hydrogen-bond donors (Lipinski definition) is 1. The van der Waals surface area contributed by atoms with Crippen LogP contribution in [-0.4, -0.2) is 4.98 Å². The van der Waals surface area contributed by atoms with Gasteiger partial charge in [0.2, 0.25) is 0 Å². The van der Waals surface area contributed by atoms with Crippen LogP contribution in [0.25, 0.3) is 65.3 Å². The SMILES string of the molecule is CC(C)(C)c1cc2ccc3cc(C(C)(C)C)cc4c5[nH]c(-c6cccc7ccccc67)cc5c(c1)c2c34. The summed E-state index contributed by atoms with van der Waals surface area (Å²) >= 11 is 0. The monoisotopic (exact) mass is 479 g/mol. The minimum Gasteiger partial charge on any atom is -0.354 e. The van der Waals surface area contributed by atoms with Gasteiger partial charge in [-0.3, -0.25) is 0 Å². The van der Waals surface area contributed by atoms with E-state index in [1.165, 1.54) is 76.4 Å². The number of aromatic amines is 1. The highest BCUT2D eigenvalue weighted by molar-refractivity contribution is 6.33. The first kappa shape index (κ1) is 22.4. The van der Waals surface area contributed by atoms with Crippen LogP contribution in [0, 0.1) is 0 Å². The molecule has 0 aliphatic rings. The zero-order valence-electron chi connectivity index (χ0n) is 22.6. The summed E-state index contributed by atoms with van der Waals surface area (Å²) in [6.07, 6.45) is 0. The summed E-state index contributed by atoms with van der Waals surface area (Å²) in [7, 11) is 0. The third-order valence-corrected chi connectivity index (χ3v) is 8.22. The van der Waals surface area contributed by atoms with Crippen LogP contribution in [0.1, 0.15) is 52.7 Å². The molecule has 0 spiro atoms. The smallest absolute Gasteiger partial charge is 0.0545 e. The van der Waals surface area contributed by atoms with Gasteiger partial charge in [-0.25, -0.2) is 0 Å². The Bertz CT molecular complexity index is 1880. The van der Waals surface area contributed by atoms with Gasteiger partial charge in [0, 0.05) is 22.0 Å². The molecule has 0 saturated heterocycles. The summed E-state index contributed by atoms with van der Waals surface area (Å²) in [4.78, 5) is 3.92. The number of aromatic nitrogens is 1. The van der Waals surface area contributed by atoms with E-state index in [1.54, 1.807) is 0 Å². The number of fused-ring (bicyclic) bond motifs is 4. The lowest BCUT2D eigenvalue weighted by Gasteiger charge is -2.24. The summed E-state index contributed by atoms with van der Waals surface area (Å²) in [6.45, 7) is 13.9. The largest absolute Gasteiger partial charge is 0.354 e. The minimum atomic E-state index is 0.0707. The molecule has 1 heterocycles. The van der Waals surface area contributed by atoms with Crippen LogP contribution in [0.5, 0.6) is 0 Å². The van der Waals surface area contributed by atoms with Crippen LogP contribution in [0.2, 0.25) is 0 Å². The Hall–Kier alpha value is -3.84. The first-order valence-electron chi connectivity index (χ1n) is 13.4. The van der Waals surface area contributed by atoms with Gasteiger partial charge >= 0.3 is 0 Å². The second kappa shape index (κ2) is 7.35. The van der Waals surface area contributed by atoms with E-state index in [0.717, 1.165) is 0 Å². The molecule has 0 saturated carbocycles. The average molecular weight is 480 g/mol. The van der Waals surface area contributed by atoms with Gasteiger partial charge in [-0.05, 0) is 77.9 Å². The molecular formula is C36H33N. The third kappa shape index (κ3) is 3.30. The van der Waals surface area contributed by atoms with Crippen molar-refractivity contribution in [3.63, 3.8) is 0 Å². The van der Waals surface area contributed by atoms with E-state index in [1.807, 2.05) is 0 Å². The molecule has 7 rings (SSSR count). The number of H-pyrrole nitrogens is 1. The molecule has 0 amide bonds. The Morgan fingerprint density at radius 1 is 0.486 bits per heavy atom. The van der Waals surface area contributed by atoms with Gasteiger partial charge in [-0.15, -0.1) is 0 Å². The fraction of sp³-hybridized carbons (Fsp3) is 0.222. The van der Waals surface area contributed by atoms with Crippen LogP contribution >= 0.6 is 0 Å². The van der Waals surface area contributed by atoms with Gasteiger partial charge in [0.1, 0.15) is 0 Å². The molecule has 1 aromatic heterocycles. The summed E-state index contributed by atoms with van der Waals surface area (Å²) in [6, 6.07) is 32.0. The maximum atomic E-state index is 3.92. The zero-order chi connectivity index (χ0) is 25.7. The van der Waals surface area contributed by atoms with Gasteiger partial charge in [-0.1, -0.05) is 108 Å². The molecule has 0 radical (unpaired) electrons. The summed E-state index contributed by atoms with van der Waals surface area (Å²) < 4.78 is 0. The van der Waals surface area contributed by atoms with Gasteiger partial charge in [-0.2, -0.15) is 0 Å². The molecule has 0 aliphatic carbocycles. The summed E-state index contributed by atoms with van der Waals surface area (Å²) in [5, 5.41) is 12.0. The molecule has 7 aromatic rings. The van der Waals surface area contributed by atoms with Gasteiger partial charge < -0.3 is 4.98 Å². The minimum absolute atomic E-state index is 0.0707. The van der Waals surface area contributed by atoms with Crippen LogP contribution in [0.15, 0.2) is 84.9 Å². The normalized spacial score (nSPS) is 13.1. The average Bonchev–Trinajstić information content (AvgIpc) is 3.31. The number of hydrogen-bond acceptors (Lipinski definition) is 0. The number of nitrogens with one attached hydrogen (secondary N) is 1. The van der Waals surface area contributed by atoms with Crippen molar-refractivity contribution in [2.45, 2.75) is 52.4 Å². The molecule has 0 unspecified atom stereocenters. The van der Waals surface area contributed by atoms with Crippen molar-refractivity contribution >= 4 is 54.0 Å². The molecule has 1 heteroatoms. The Kier molecular flexibility index (Phi) is 4.45. The highest BCUT2D eigenvalue weighted by Gasteiger charge is 2.23. The Labute approximate surface area is 218 Å². The second-order valence-corrected chi connectivity index (χ2v) is 12.8. The van der Waals surface area contributed by atoms with E-state index >= 15 is 0 Å². The molecule has 37 heavy (non-hydrogen) atoms. The van der Waals surface area contributed by atoms with E-state index < -0.39 is 0 Å². The predicted molar refractivity (Wildman–Crippen MR) is 162 cm³/mol. The zero-order valence-corrected chi connectivity index (χ0v) is 22.6. The van der Waals surface area contributed by atoms with Crippen molar-refractivity contribution in [1.82, 2.24) is 4.98 Å². The maximum absolute atomic E-state index is 3.92. The molecule has 0 aliphatic heterocycles. The van der Waals surface area contributed by atoms with Crippen molar-refractivity contribution in [2.75, 3.05) is 0 Å². The summed E-state index contributed by atoms with van der Waals surface area (Å²) in [5.41, 5.74) is 6.57. The van der Waals surface area contributed by atoms with E-state index in [-0.39, 0.29) is 10.8 Å². The first-order chi connectivity index (χ1) is 17.6. The third-order valence-electron chi connectivity index (χ3n) is 8.22. The highest BCUT2D eigenvalue weighted by atomic mass is 14.7. The Morgan fingerprint density at radius 2 is 1.08 bits per heavy atom. The van der Waals surface area contributed by atoms with Crippen molar-refractivity contribution in [3.8, 4) is 11.3 Å². The maximum Gasteiger partial charge on any atom is 0.0545 e. The topological polar surface area (TPSA) is 15.8 Å². The van der Waals surface area contributed by atoms with E-state index in [9.17, 15) is 0 Å². The number of benzene rings is 6. The van der Waals surface area contributed by atoms with E-state index in [0.29, 0.717) is 0 Å². The lowest BCUT2D eigenvalue weighted by atomic mass is 9.80. The van der Waals surface area contributed by atoms with Crippen LogP contribution in [-0.2, 0) is 10.8 Å². The first-order valence-corrected chi connectivity index (χ1v) is 13.4.